The molecule has 0 aliphatic heterocycles. The van der Waals surface area contributed by atoms with E-state index in [0.717, 1.165) is 41.8 Å². The van der Waals surface area contributed by atoms with Gasteiger partial charge in [0.1, 0.15) is 18.3 Å². The van der Waals surface area contributed by atoms with Crippen LogP contribution in [0.25, 0.3) is 0 Å². The Morgan fingerprint density at radius 1 is 1.11 bits per heavy atom. The van der Waals surface area contributed by atoms with Gasteiger partial charge in [-0.05, 0) is 43.0 Å². The van der Waals surface area contributed by atoms with E-state index in [1.807, 2.05) is 37.3 Å². The highest BCUT2D eigenvalue weighted by Gasteiger charge is 2.33. The fourth-order valence-corrected chi connectivity index (χ4v) is 5.76. The molecule has 3 rings (SSSR count). The minimum atomic E-state index is -3.85. The number of halogens is 1. The highest BCUT2D eigenvalue weighted by molar-refractivity contribution is 7.92. The van der Waals surface area contributed by atoms with E-state index in [9.17, 15) is 18.0 Å². The number of nitrogens with one attached hydrogen (secondary N) is 1. The van der Waals surface area contributed by atoms with E-state index in [2.05, 4.69) is 5.32 Å². The second kappa shape index (κ2) is 13.1. The van der Waals surface area contributed by atoms with Crippen molar-refractivity contribution in [2.45, 2.75) is 64.1 Å². The number of ether oxygens (including phenoxy) is 1. The van der Waals surface area contributed by atoms with Gasteiger partial charge in [0.25, 0.3) is 0 Å². The van der Waals surface area contributed by atoms with E-state index < -0.39 is 28.5 Å². The van der Waals surface area contributed by atoms with Crippen LogP contribution in [0.3, 0.4) is 0 Å². The lowest BCUT2D eigenvalue weighted by molar-refractivity contribution is -0.140. The molecule has 202 valence electrons. The number of carbonyl (C=O) groups excluding carboxylic acids is 2. The number of methoxy groups -OCH3 is 1. The van der Waals surface area contributed by atoms with Gasteiger partial charge in [0.2, 0.25) is 21.8 Å². The third-order valence-electron chi connectivity index (χ3n) is 6.64. The predicted octanol–water partition coefficient (Wildman–Crippen LogP) is 4.37. The van der Waals surface area contributed by atoms with Gasteiger partial charge < -0.3 is 15.0 Å². The van der Waals surface area contributed by atoms with Crippen molar-refractivity contribution in [1.82, 2.24) is 10.2 Å². The van der Waals surface area contributed by atoms with E-state index in [4.69, 9.17) is 16.3 Å². The molecule has 1 N–H and O–H groups in total. The fourth-order valence-electron chi connectivity index (χ4n) is 4.67. The normalized spacial score (nSPS) is 15.0. The lowest BCUT2D eigenvalue weighted by Gasteiger charge is -2.34. The molecular formula is C27H36ClN3O5S. The number of hydrogen-bond donors (Lipinski definition) is 1. The first-order chi connectivity index (χ1) is 17.6. The summed E-state index contributed by atoms with van der Waals surface area (Å²) in [4.78, 5) is 28.6. The summed E-state index contributed by atoms with van der Waals surface area (Å²) in [5, 5.41) is 3.35. The number of anilines is 1. The molecule has 10 heteroatoms. The number of carbonyl (C=O) groups is 2. The van der Waals surface area contributed by atoms with Gasteiger partial charge in [0.15, 0.2) is 0 Å². The number of benzene rings is 2. The summed E-state index contributed by atoms with van der Waals surface area (Å²) in [6.07, 6.45) is 6.59. The molecule has 1 unspecified atom stereocenters. The summed E-state index contributed by atoms with van der Waals surface area (Å²) in [5.74, 6) is -0.301. The van der Waals surface area contributed by atoms with E-state index in [1.54, 1.807) is 6.07 Å². The molecular weight excluding hydrogens is 514 g/mol. The summed E-state index contributed by atoms with van der Waals surface area (Å²) < 4.78 is 31.7. The Balaban J connectivity index is 1.91. The van der Waals surface area contributed by atoms with Crippen molar-refractivity contribution in [3.63, 3.8) is 0 Å². The molecule has 1 aliphatic carbocycles. The summed E-state index contributed by atoms with van der Waals surface area (Å²) in [6.45, 7) is 1.56. The Hall–Kier alpha value is -2.78. The smallest absolute Gasteiger partial charge is 0.244 e. The van der Waals surface area contributed by atoms with Crippen LogP contribution in [0.1, 0.15) is 51.0 Å². The van der Waals surface area contributed by atoms with E-state index in [1.165, 1.54) is 30.6 Å². The fraction of sp³-hybridized carbons (Fsp3) is 0.481. The molecule has 0 aromatic heterocycles. The summed E-state index contributed by atoms with van der Waals surface area (Å²) in [5.41, 5.74) is 1.08. The van der Waals surface area contributed by atoms with Gasteiger partial charge in [-0.2, -0.15) is 0 Å². The molecule has 2 aromatic rings. The largest absolute Gasteiger partial charge is 0.495 e. The van der Waals surface area contributed by atoms with Gasteiger partial charge in [0, 0.05) is 12.6 Å². The van der Waals surface area contributed by atoms with Crippen molar-refractivity contribution < 1.29 is 22.7 Å². The molecule has 1 atom stereocenters. The maximum atomic E-state index is 13.8. The van der Waals surface area contributed by atoms with Crippen molar-refractivity contribution in [3.05, 3.63) is 59.1 Å². The first-order valence-electron chi connectivity index (χ1n) is 12.6. The summed E-state index contributed by atoms with van der Waals surface area (Å²) in [6, 6.07) is 13.3. The lowest BCUT2D eigenvalue weighted by atomic mass is 9.95. The van der Waals surface area contributed by atoms with Crippen LogP contribution >= 0.6 is 11.6 Å². The summed E-state index contributed by atoms with van der Waals surface area (Å²) >= 11 is 6.24. The molecule has 0 bridgehead atoms. The number of amides is 2. The predicted molar refractivity (Wildman–Crippen MR) is 146 cm³/mol. The van der Waals surface area contributed by atoms with Crippen molar-refractivity contribution in [3.8, 4) is 5.75 Å². The Morgan fingerprint density at radius 3 is 2.35 bits per heavy atom. The zero-order valence-corrected chi connectivity index (χ0v) is 23.2. The standard InChI is InChI=1S/C27H36ClN3O5S/c1-4-24(27(33)29-21-13-9-6-10-14-21)30(18-20-11-7-5-8-12-20)26(32)19-31(37(3,34)35)22-15-16-25(36-2)23(28)17-22/h5,7-8,11-12,15-17,21,24H,4,6,9-10,13-14,18-19H2,1-3H3,(H,29,33). The third kappa shape index (κ3) is 7.85. The van der Waals surface area contributed by atoms with E-state index >= 15 is 0 Å². The van der Waals surface area contributed by atoms with Crippen LogP contribution in [0.15, 0.2) is 48.5 Å². The third-order valence-corrected chi connectivity index (χ3v) is 8.07. The van der Waals surface area contributed by atoms with Crippen LogP contribution in [-0.2, 0) is 26.2 Å². The van der Waals surface area contributed by atoms with Crippen molar-refractivity contribution in [2.24, 2.45) is 0 Å². The average molecular weight is 550 g/mol. The molecule has 0 heterocycles. The monoisotopic (exact) mass is 549 g/mol. The van der Waals surface area contributed by atoms with Gasteiger partial charge in [0.05, 0.1) is 24.1 Å². The van der Waals surface area contributed by atoms with Crippen LogP contribution in [0.5, 0.6) is 5.75 Å². The summed E-state index contributed by atoms with van der Waals surface area (Å²) in [7, 11) is -2.38. The zero-order chi connectivity index (χ0) is 27.0. The zero-order valence-electron chi connectivity index (χ0n) is 21.7. The quantitative estimate of drug-likeness (QED) is 0.449. The van der Waals surface area contributed by atoms with Gasteiger partial charge in [-0.15, -0.1) is 0 Å². The molecule has 37 heavy (non-hydrogen) atoms. The molecule has 1 fully saturated rings. The molecule has 8 nitrogen and oxygen atoms in total. The second-order valence-electron chi connectivity index (χ2n) is 9.36. The highest BCUT2D eigenvalue weighted by atomic mass is 35.5. The number of hydrogen-bond acceptors (Lipinski definition) is 5. The van der Waals surface area contributed by atoms with Crippen LogP contribution in [-0.4, -0.2) is 57.1 Å². The number of sulfonamides is 1. The molecule has 1 aliphatic rings. The van der Waals surface area contributed by atoms with Crippen molar-refractivity contribution in [2.75, 3.05) is 24.2 Å². The van der Waals surface area contributed by atoms with Crippen molar-refractivity contribution in [1.29, 1.82) is 0 Å². The first-order valence-corrected chi connectivity index (χ1v) is 14.8. The van der Waals surface area contributed by atoms with Gasteiger partial charge in [-0.25, -0.2) is 8.42 Å². The van der Waals surface area contributed by atoms with Crippen LogP contribution in [0.4, 0.5) is 5.69 Å². The Labute approximate surface area is 225 Å². The number of rotatable bonds is 11. The molecule has 0 radical (unpaired) electrons. The Kier molecular flexibility index (Phi) is 10.2. The molecule has 2 amide bonds. The Bertz CT molecular complexity index is 1170. The van der Waals surface area contributed by atoms with E-state index in [0.29, 0.717) is 12.2 Å². The van der Waals surface area contributed by atoms with Crippen LogP contribution in [0.2, 0.25) is 5.02 Å². The second-order valence-corrected chi connectivity index (χ2v) is 11.7. The maximum absolute atomic E-state index is 13.8. The SMILES string of the molecule is CCC(C(=O)NC1CCCCC1)N(Cc1ccccc1)C(=O)CN(c1ccc(OC)c(Cl)c1)S(C)(=O)=O. The molecule has 0 saturated heterocycles. The topological polar surface area (TPSA) is 96.0 Å². The van der Waals surface area contributed by atoms with E-state index in [-0.39, 0.29) is 29.2 Å². The van der Waals surface area contributed by atoms with Gasteiger partial charge in [-0.3, -0.25) is 13.9 Å². The van der Waals surface area contributed by atoms with Gasteiger partial charge >= 0.3 is 0 Å². The minimum absolute atomic E-state index is 0.0953. The molecule has 1 saturated carbocycles. The average Bonchev–Trinajstić information content (AvgIpc) is 2.87. The number of nitrogens with zero attached hydrogens (tertiary/aromatic N) is 2. The van der Waals surface area contributed by atoms with Crippen LogP contribution in [0, 0.1) is 0 Å². The van der Waals surface area contributed by atoms with Crippen molar-refractivity contribution >= 4 is 39.1 Å². The first kappa shape index (κ1) is 28.8. The molecule has 0 spiro atoms. The lowest BCUT2D eigenvalue weighted by Crippen LogP contribution is -2.53. The van der Waals surface area contributed by atoms with Crippen LogP contribution < -0.4 is 14.4 Å². The van der Waals surface area contributed by atoms with Gasteiger partial charge in [-0.1, -0.05) is 68.1 Å². The Morgan fingerprint density at radius 2 is 1.78 bits per heavy atom. The maximum Gasteiger partial charge on any atom is 0.244 e. The highest BCUT2D eigenvalue weighted by Crippen LogP contribution is 2.30. The minimum Gasteiger partial charge on any atom is -0.495 e. The molecule has 2 aromatic carbocycles.